The summed E-state index contributed by atoms with van der Waals surface area (Å²) in [6.45, 7) is 6.58. The summed E-state index contributed by atoms with van der Waals surface area (Å²) in [5, 5.41) is 3.68. The molecule has 1 fully saturated rings. The highest BCUT2D eigenvalue weighted by molar-refractivity contribution is 7.09. The average molecular weight is 308 g/mol. The molecule has 2 rings (SSSR count). The zero-order valence-corrected chi connectivity index (χ0v) is 12.4. The van der Waals surface area contributed by atoms with E-state index in [1.807, 2.05) is 18.7 Å². The lowest BCUT2D eigenvalue weighted by molar-refractivity contribution is -0.144. The first kappa shape index (κ1) is 15.5. The molecule has 0 radical (unpaired) electrons. The van der Waals surface area contributed by atoms with E-state index in [0.717, 1.165) is 44.0 Å². The predicted molar refractivity (Wildman–Crippen MR) is 73.0 cm³/mol. The molecule has 1 unspecified atom stereocenters. The Morgan fingerprint density at radius 3 is 2.70 bits per heavy atom. The van der Waals surface area contributed by atoms with Gasteiger partial charge in [-0.1, -0.05) is 0 Å². The summed E-state index contributed by atoms with van der Waals surface area (Å²) in [5.74, 6) is -0.589. The van der Waals surface area contributed by atoms with E-state index in [0.29, 0.717) is 11.0 Å². The van der Waals surface area contributed by atoms with E-state index >= 15 is 0 Å². The number of alkyl halides is 3. The molecule has 1 atom stereocenters. The Morgan fingerprint density at radius 1 is 1.45 bits per heavy atom. The molecule has 2 heterocycles. The van der Waals surface area contributed by atoms with Crippen molar-refractivity contribution in [3.05, 3.63) is 5.82 Å². The molecule has 1 aliphatic rings. The van der Waals surface area contributed by atoms with Gasteiger partial charge in [-0.2, -0.15) is 22.5 Å². The molecule has 0 bridgehead atoms. The average Bonchev–Trinajstić information content (AvgIpc) is 2.86. The Hall–Kier alpha value is -0.890. The summed E-state index contributed by atoms with van der Waals surface area (Å²) in [6.07, 6.45) is -2.26. The smallest absolute Gasteiger partial charge is 0.344 e. The van der Waals surface area contributed by atoms with E-state index < -0.39 is 12.0 Å². The molecular weight excluding hydrogens is 289 g/mol. The first-order valence-electron chi connectivity index (χ1n) is 6.76. The number of halogens is 3. The van der Waals surface area contributed by atoms with Crippen molar-refractivity contribution in [2.24, 2.45) is 5.92 Å². The minimum Gasteiger partial charge on any atom is -0.344 e. The van der Waals surface area contributed by atoms with Crippen molar-refractivity contribution in [3.8, 4) is 0 Å². The highest BCUT2D eigenvalue weighted by atomic mass is 32.1. The minimum atomic E-state index is -4.47. The third kappa shape index (κ3) is 3.82. The number of anilines is 1. The van der Waals surface area contributed by atoms with Crippen LogP contribution in [0.15, 0.2) is 0 Å². The predicted octanol–water partition coefficient (Wildman–Crippen LogP) is 2.77. The maximum Gasteiger partial charge on any atom is 0.452 e. The van der Waals surface area contributed by atoms with Gasteiger partial charge in [0.1, 0.15) is 0 Å². The van der Waals surface area contributed by atoms with E-state index in [4.69, 9.17) is 0 Å². The maximum absolute atomic E-state index is 12.6. The van der Waals surface area contributed by atoms with Crippen molar-refractivity contribution in [2.75, 3.05) is 24.5 Å². The molecule has 4 nitrogen and oxygen atoms in total. The van der Waals surface area contributed by atoms with Gasteiger partial charge in [0.2, 0.25) is 11.0 Å². The standard InChI is InChI=1S/C12H19F3N4S/c1-8(2)19(7-9-4-3-5-16-6-9)11-17-10(18-20-11)12(13,14)15/h8-9,16H,3-7H2,1-2H3. The molecule has 0 aromatic carbocycles. The van der Waals surface area contributed by atoms with Gasteiger partial charge in [0.15, 0.2) is 0 Å². The number of nitrogens with one attached hydrogen (secondary N) is 1. The summed E-state index contributed by atoms with van der Waals surface area (Å²) in [5.41, 5.74) is 0. The SMILES string of the molecule is CC(C)N(CC1CCCNC1)c1nc(C(F)(F)F)ns1. The van der Waals surface area contributed by atoms with E-state index in [1.54, 1.807) is 0 Å². The molecular formula is C12H19F3N4S. The van der Waals surface area contributed by atoms with Gasteiger partial charge in [0, 0.05) is 24.1 Å². The minimum absolute atomic E-state index is 0.103. The van der Waals surface area contributed by atoms with Crippen molar-refractivity contribution in [3.63, 3.8) is 0 Å². The Kier molecular flexibility index (Phi) is 4.85. The van der Waals surface area contributed by atoms with E-state index in [1.165, 1.54) is 0 Å². The summed E-state index contributed by atoms with van der Waals surface area (Å²) in [7, 11) is 0. The second kappa shape index (κ2) is 6.26. The van der Waals surface area contributed by atoms with E-state index in [9.17, 15) is 13.2 Å². The van der Waals surface area contributed by atoms with Crippen molar-refractivity contribution in [2.45, 2.75) is 38.9 Å². The van der Waals surface area contributed by atoms with Crippen LogP contribution in [0.3, 0.4) is 0 Å². The summed E-state index contributed by atoms with van der Waals surface area (Å²) < 4.78 is 41.2. The maximum atomic E-state index is 12.6. The molecule has 0 spiro atoms. The van der Waals surface area contributed by atoms with Crippen molar-refractivity contribution >= 4 is 16.7 Å². The molecule has 0 aliphatic carbocycles. The summed E-state index contributed by atoms with van der Waals surface area (Å²) in [4.78, 5) is 5.58. The number of rotatable bonds is 4. The Morgan fingerprint density at radius 2 is 2.20 bits per heavy atom. The van der Waals surface area contributed by atoms with Crippen molar-refractivity contribution in [1.82, 2.24) is 14.7 Å². The van der Waals surface area contributed by atoms with Crippen LogP contribution < -0.4 is 10.2 Å². The number of hydrogen-bond acceptors (Lipinski definition) is 5. The lowest BCUT2D eigenvalue weighted by Crippen LogP contribution is -2.41. The molecule has 1 aromatic rings. The molecule has 1 aromatic heterocycles. The fraction of sp³-hybridized carbons (Fsp3) is 0.833. The first-order valence-corrected chi connectivity index (χ1v) is 7.53. The van der Waals surface area contributed by atoms with Crippen LogP contribution in [0.2, 0.25) is 0 Å². The number of nitrogens with zero attached hydrogens (tertiary/aromatic N) is 3. The zero-order chi connectivity index (χ0) is 14.8. The fourth-order valence-electron chi connectivity index (χ4n) is 2.32. The Labute approximate surface area is 120 Å². The van der Waals surface area contributed by atoms with Gasteiger partial charge in [-0.05, 0) is 45.7 Å². The van der Waals surface area contributed by atoms with Crippen LogP contribution in [0.5, 0.6) is 0 Å². The van der Waals surface area contributed by atoms with Gasteiger partial charge in [0.05, 0.1) is 0 Å². The van der Waals surface area contributed by atoms with Gasteiger partial charge in [-0.15, -0.1) is 0 Å². The van der Waals surface area contributed by atoms with Crippen LogP contribution in [0.25, 0.3) is 0 Å². The molecule has 20 heavy (non-hydrogen) atoms. The Balaban J connectivity index is 2.09. The second-order valence-electron chi connectivity index (χ2n) is 5.36. The molecule has 1 N–H and O–H groups in total. The van der Waals surface area contributed by atoms with Crippen LogP contribution in [0.1, 0.15) is 32.5 Å². The lowest BCUT2D eigenvalue weighted by Gasteiger charge is -2.32. The zero-order valence-electron chi connectivity index (χ0n) is 11.6. The first-order chi connectivity index (χ1) is 9.38. The molecule has 1 saturated heterocycles. The third-order valence-corrected chi connectivity index (χ3v) is 4.15. The normalized spacial score (nSPS) is 20.4. The highest BCUT2D eigenvalue weighted by Crippen LogP contribution is 2.31. The topological polar surface area (TPSA) is 41.0 Å². The van der Waals surface area contributed by atoms with Crippen molar-refractivity contribution in [1.29, 1.82) is 0 Å². The summed E-state index contributed by atoms with van der Waals surface area (Å²) >= 11 is 0.826. The lowest BCUT2D eigenvalue weighted by atomic mass is 9.99. The van der Waals surface area contributed by atoms with Crippen LogP contribution >= 0.6 is 11.5 Å². The number of piperidine rings is 1. The second-order valence-corrected chi connectivity index (χ2v) is 6.09. The van der Waals surface area contributed by atoms with Gasteiger partial charge in [-0.3, -0.25) is 0 Å². The van der Waals surface area contributed by atoms with Gasteiger partial charge >= 0.3 is 6.18 Å². The molecule has 8 heteroatoms. The molecule has 0 amide bonds. The van der Waals surface area contributed by atoms with Gasteiger partial charge < -0.3 is 10.2 Å². The quantitative estimate of drug-likeness (QED) is 0.928. The van der Waals surface area contributed by atoms with Crippen LogP contribution in [-0.4, -0.2) is 35.0 Å². The molecule has 0 saturated carbocycles. The highest BCUT2D eigenvalue weighted by Gasteiger charge is 2.37. The largest absolute Gasteiger partial charge is 0.452 e. The van der Waals surface area contributed by atoms with Gasteiger partial charge in [0.25, 0.3) is 0 Å². The monoisotopic (exact) mass is 308 g/mol. The van der Waals surface area contributed by atoms with Crippen molar-refractivity contribution < 1.29 is 13.2 Å². The number of aromatic nitrogens is 2. The van der Waals surface area contributed by atoms with Crippen LogP contribution in [-0.2, 0) is 6.18 Å². The fourth-order valence-corrected chi connectivity index (χ4v) is 3.15. The van der Waals surface area contributed by atoms with Crippen LogP contribution in [0, 0.1) is 5.92 Å². The third-order valence-electron chi connectivity index (χ3n) is 3.39. The van der Waals surface area contributed by atoms with E-state index in [2.05, 4.69) is 14.7 Å². The molecule has 114 valence electrons. The number of hydrogen-bond donors (Lipinski definition) is 1. The van der Waals surface area contributed by atoms with Gasteiger partial charge in [-0.25, -0.2) is 0 Å². The molecule has 1 aliphatic heterocycles. The van der Waals surface area contributed by atoms with E-state index in [-0.39, 0.29) is 6.04 Å². The Bertz CT molecular complexity index is 427. The summed E-state index contributed by atoms with van der Waals surface area (Å²) in [6, 6.07) is 0.103. The van der Waals surface area contributed by atoms with Crippen LogP contribution in [0.4, 0.5) is 18.3 Å².